The lowest BCUT2D eigenvalue weighted by atomic mass is 9.94. The Morgan fingerprint density at radius 3 is 2.35 bits per heavy atom. The van der Waals surface area contributed by atoms with Gasteiger partial charge >= 0.3 is 5.97 Å². The number of amides is 1. The quantitative estimate of drug-likeness (QED) is 0.648. The Morgan fingerprint density at radius 2 is 1.77 bits per heavy atom. The molecule has 2 atom stereocenters. The molecule has 1 amide bonds. The number of anilines is 1. The van der Waals surface area contributed by atoms with Gasteiger partial charge in [-0.2, -0.15) is 4.31 Å². The number of hydrogen-bond donors (Lipinski definition) is 1. The van der Waals surface area contributed by atoms with Crippen molar-refractivity contribution in [3.8, 4) is 0 Å². The van der Waals surface area contributed by atoms with Crippen molar-refractivity contribution in [1.29, 1.82) is 0 Å². The molecule has 1 aromatic heterocycles. The van der Waals surface area contributed by atoms with Crippen molar-refractivity contribution in [2.45, 2.75) is 39.0 Å². The van der Waals surface area contributed by atoms with Crippen LogP contribution in [0.25, 0.3) is 0 Å². The van der Waals surface area contributed by atoms with Crippen LogP contribution in [-0.4, -0.2) is 44.3 Å². The summed E-state index contributed by atoms with van der Waals surface area (Å²) in [5.41, 5.74) is 1.06. The molecule has 0 aliphatic carbocycles. The first-order valence-electron chi connectivity index (χ1n) is 10.3. The molecule has 0 bridgehead atoms. The predicted octanol–water partition coefficient (Wildman–Crippen LogP) is 4.15. The van der Waals surface area contributed by atoms with Gasteiger partial charge in [-0.05, 0) is 68.0 Å². The summed E-state index contributed by atoms with van der Waals surface area (Å²) in [7, 11) is -3.59. The van der Waals surface area contributed by atoms with Gasteiger partial charge in [-0.25, -0.2) is 13.2 Å². The number of rotatable bonds is 6. The van der Waals surface area contributed by atoms with Crippen LogP contribution in [0.4, 0.5) is 5.00 Å². The largest absolute Gasteiger partial charge is 0.462 e. The van der Waals surface area contributed by atoms with Crippen LogP contribution in [0.3, 0.4) is 0 Å². The highest BCUT2D eigenvalue weighted by Crippen LogP contribution is 2.29. The topological polar surface area (TPSA) is 92.8 Å². The van der Waals surface area contributed by atoms with Gasteiger partial charge < -0.3 is 10.1 Å². The Hall–Kier alpha value is -2.23. The van der Waals surface area contributed by atoms with Gasteiger partial charge in [0.2, 0.25) is 10.0 Å². The average Bonchev–Trinajstić information content (AvgIpc) is 3.07. The van der Waals surface area contributed by atoms with Crippen LogP contribution in [0, 0.1) is 18.8 Å². The molecule has 0 radical (unpaired) electrons. The molecule has 1 aliphatic heterocycles. The zero-order chi connectivity index (χ0) is 22.8. The summed E-state index contributed by atoms with van der Waals surface area (Å²) in [6, 6.07) is 7.67. The Balaban J connectivity index is 1.72. The highest BCUT2D eigenvalue weighted by atomic mass is 32.2. The van der Waals surface area contributed by atoms with E-state index in [-0.39, 0.29) is 17.4 Å². The molecular weight excluding hydrogens is 436 g/mol. The molecule has 2 heterocycles. The molecule has 1 saturated heterocycles. The van der Waals surface area contributed by atoms with Crippen LogP contribution in [-0.2, 0) is 14.8 Å². The number of benzene rings is 1. The zero-order valence-electron chi connectivity index (χ0n) is 18.2. The Morgan fingerprint density at radius 1 is 1.16 bits per heavy atom. The van der Waals surface area contributed by atoms with Crippen LogP contribution in [0.2, 0.25) is 0 Å². The minimum absolute atomic E-state index is 0.182. The van der Waals surface area contributed by atoms with E-state index in [9.17, 15) is 18.0 Å². The number of carbonyl (C=O) groups excluding carboxylic acids is 2. The average molecular weight is 465 g/mol. The number of carbonyl (C=O) groups is 2. The van der Waals surface area contributed by atoms with Gasteiger partial charge in [-0.1, -0.05) is 13.8 Å². The van der Waals surface area contributed by atoms with E-state index >= 15 is 0 Å². The summed E-state index contributed by atoms with van der Waals surface area (Å²) in [4.78, 5) is 25.2. The maximum atomic E-state index is 13.0. The van der Waals surface area contributed by atoms with E-state index in [0.29, 0.717) is 40.4 Å². The molecule has 0 spiro atoms. The van der Waals surface area contributed by atoms with Crippen LogP contribution in [0.1, 0.15) is 52.8 Å². The minimum atomic E-state index is -3.59. The smallest absolute Gasteiger partial charge is 0.348 e. The molecule has 3 rings (SSSR count). The third-order valence-electron chi connectivity index (χ3n) is 5.20. The van der Waals surface area contributed by atoms with Crippen molar-refractivity contribution in [1.82, 2.24) is 4.31 Å². The second kappa shape index (κ2) is 9.50. The molecule has 9 heteroatoms. The molecule has 7 nitrogen and oxygen atoms in total. The van der Waals surface area contributed by atoms with E-state index in [0.717, 1.165) is 23.3 Å². The van der Waals surface area contributed by atoms with Gasteiger partial charge in [0.1, 0.15) is 4.88 Å². The number of nitrogens with zero attached hydrogens (tertiary/aromatic N) is 1. The Labute approximate surface area is 187 Å². The molecule has 1 aliphatic rings. The number of aryl methyl sites for hydroxylation is 1. The number of piperidine rings is 1. The van der Waals surface area contributed by atoms with Gasteiger partial charge in [0.25, 0.3) is 5.91 Å². The fourth-order valence-electron chi connectivity index (χ4n) is 3.86. The highest BCUT2D eigenvalue weighted by Gasteiger charge is 2.31. The molecule has 31 heavy (non-hydrogen) atoms. The fraction of sp³-hybridized carbons (Fsp3) is 0.455. The molecule has 2 aromatic rings. The third-order valence-corrected chi connectivity index (χ3v) is 8.18. The van der Waals surface area contributed by atoms with Crippen molar-refractivity contribution in [2.24, 2.45) is 11.8 Å². The van der Waals surface area contributed by atoms with E-state index in [1.165, 1.54) is 28.6 Å². The summed E-state index contributed by atoms with van der Waals surface area (Å²) in [6.07, 6.45) is 1.02. The second-order valence-electron chi connectivity index (χ2n) is 8.09. The lowest BCUT2D eigenvalue weighted by Crippen LogP contribution is -2.42. The first-order chi connectivity index (χ1) is 14.6. The van der Waals surface area contributed by atoms with E-state index in [2.05, 4.69) is 19.2 Å². The normalized spacial score (nSPS) is 19.7. The monoisotopic (exact) mass is 464 g/mol. The predicted molar refractivity (Wildman–Crippen MR) is 121 cm³/mol. The van der Waals surface area contributed by atoms with Gasteiger partial charge in [-0.3, -0.25) is 4.79 Å². The molecule has 1 aromatic carbocycles. The summed E-state index contributed by atoms with van der Waals surface area (Å²) < 4.78 is 32.5. The van der Waals surface area contributed by atoms with Crippen LogP contribution in [0.15, 0.2) is 35.2 Å². The number of ether oxygens (including phenoxy) is 1. The number of sulfonamides is 1. The van der Waals surface area contributed by atoms with Gasteiger partial charge in [-0.15, -0.1) is 11.3 Å². The van der Waals surface area contributed by atoms with Crippen LogP contribution >= 0.6 is 11.3 Å². The van der Waals surface area contributed by atoms with E-state index in [1.807, 2.05) is 0 Å². The lowest BCUT2D eigenvalue weighted by Gasteiger charge is -2.34. The first kappa shape index (κ1) is 23.4. The molecular formula is C22H28N2O5S2. The maximum absolute atomic E-state index is 13.0. The van der Waals surface area contributed by atoms with Crippen molar-refractivity contribution < 1.29 is 22.7 Å². The Bertz CT molecular complexity index is 1050. The molecule has 1 fully saturated rings. The second-order valence-corrected chi connectivity index (χ2v) is 11.1. The summed E-state index contributed by atoms with van der Waals surface area (Å²) in [5, 5.41) is 3.29. The number of thiophene rings is 1. The third kappa shape index (κ3) is 5.34. The summed E-state index contributed by atoms with van der Waals surface area (Å²) >= 11 is 1.15. The van der Waals surface area contributed by atoms with Gasteiger partial charge in [0.05, 0.1) is 16.5 Å². The van der Waals surface area contributed by atoms with Gasteiger partial charge in [0, 0.05) is 18.7 Å². The molecule has 1 N–H and O–H groups in total. The number of hydrogen-bond acceptors (Lipinski definition) is 6. The van der Waals surface area contributed by atoms with Crippen molar-refractivity contribution in [2.75, 3.05) is 25.0 Å². The number of nitrogens with one attached hydrogen (secondary N) is 1. The van der Waals surface area contributed by atoms with Crippen LogP contribution in [0.5, 0.6) is 0 Å². The standard InChI is InChI=1S/C22H28N2O5S2/c1-5-29-22(26)20-16(4)11-19(30-20)23-21(25)17-6-8-18(9-7-17)31(27,28)24-12-14(2)10-15(3)13-24/h6-9,11,14-15H,5,10,12-13H2,1-4H3,(H,23,25). The van der Waals surface area contributed by atoms with E-state index in [1.54, 1.807) is 19.9 Å². The van der Waals surface area contributed by atoms with Crippen molar-refractivity contribution in [3.05, 3.63) is 46.3 Å². The number of esters is 1. The first-order valence-corrected chi connectivity index (χ1v) is 12.6. The van der Waals surface area contributed by atoms with Crippen molar-refractivity contribution >= 4 is 38.2 Å². The molecule has 168 valence electrons. The molecule has 0 saturated carbocycles. The van der Waals surface area contributed by atoms with Gasteiger partial charge in [0.15, 0.2) is 0 Å². The maximum Gasteiger partial charge on any atom is 0.348 e. The van der Waals surface area contributed by atoms with E-state index < -0.39 is 16.0 Å². The fourth-order valence-corrected chi connectivity index (χ4v) is 6.50. The highest BCUT2D eigenvalue weighted by molar-refractivity contribution is 7.89. The zero-order valence-corrected chi connectivity index (χ0v) is 19.8. The summed E-state index contributed by atoms with van der Waals surface area (Å²) in [6.45, 7) is 8.93. The SMILES string of the molecule is CCOC(=O)c1sc(NC(=O)c2ccc(S(=O)(=O)N3CC(C)CC(C)C3)cc2)cc1C. The van der Waals surface area contributed by atoms with E-state index in [4.69, 9.17) is 4.74 Å². The van der Waals surface area contributed by atoms with Crippen molar-refractivity contribution in [3.63, 3.8) is 0 Å². The van der Waals surface area contributed by atoms with Crippen LogP contribution < -0.4 is 5.32 Å². The lowest BCUT2D eigenvalue weighted by molar-refractivity contribution is 0.0531. The summed E-state index contributed by atoms with van der Waals surface area (Å²) in [5.74, 6) is -0.156. The Kier molecular flexibility index (Phi) is 7.18. The molecule has 2 unspecified atom stereocenters. The minimum Gasteiger partial charge on any atom is -0.462 e.